The Bertz CT molecular complexity index is 1660. The molecule has 0 aliphatic heterocycles. The van der Waals surface area contributed by atoms with Gasteiger partial charge in [0.25, 0.3) is 0 Å². The lowest BCUT2D eigenvalue weighted by Gasteiger charge is -2.26. The van der Waals surface area contributed by atoms with Crippen LogP contribution >= 0.6 is 0 Å². The third kappa shape index (κ3) is 9.46. The molecule has 1 unspecified atom stereocenters. The molecule has 0 saturated carbocycles. The van der Waals surface area contributed by atoms with Crippen molar-refractivity contribution in [3.05, 3.63) is 78.2 Å². The summed E-state index contributed by atoms with van der Waals surface area (Å²) >= 11 is 0. The van der Waals surface area contributed by atoms with Gasteiger partial charge in [0.1, 0.15) is 10.5 Å². The molecule has 0 radical (unpaired) electrons. The van der Waals surface area contributed by atoms with Crippen LogP contribution in [0.15, 0.2) is 71.9 Å². The number of carbonyl (C=O) groups excluding carboxylic acids is 2. The van der Waals surface area contributed by atoms with Crippen molar-refractivity contribution in [1.82, 2.24) is 14.7 Å². The van der Waals surface area contributed by atoms with Gasteiger partial charge >= 0.3 is 12.1 Å². The highest BCUT2D eigenvalue weighted by atomic mass is 32.2. The van der Waals surface area contributed by atoms with Gasteiger partial charge in [-0.15, -0.1) is 0 Å². The quantitative estimate of drug-likeness (QED) is 0.299. The van der Waals surface area contributed by atoms with Crippen LogP contribution in [-0.4, -0.2) is 57.3 Å². The molecule has 238 valence electrons. The molecule has 1 aromatic carbocycles. The number of pyridine rings is 2. The summed E-state index contributed by atoms with van der Waals surface area (Å²) in [5.74, 6) is -0.919. The Morgan fingerprint density at radius 3 is 2.25 bits per heavy atom. The number of rotatable bonds is 11. The molecule has 3 rings (SSSR count). The standard InChI is InChI=1S/C29H37N5O8S2/c1-7-18-43(37,38)33(6)23-15-13-22(14-16-23)19-26(32-44(39,40)24-10-9-17-30-20-24)25-11-8-12-27(31-25)34(42-21(2)35)28(36)41-29(3,4)5/h8-17,20,26,32H,7,18-19H2,1-6H3. The molecule has 3 aromatic rings. The molecule has 13 nitrogen and oxygen atoms in total. The first kappa shape index (κ1) is 34.4. The highest BCUT2D eigenvalue weighted by Gasteiger charge is 2.29. The number of benzene rings is 1. The molecule has 2 heterocycles. The number of hydroxylamine groups is 1. The summed E-state index contributed by atoms with van der Waals surface area (Å²) in [4.78, 5) is 38.1. The summed E-state index contributed by atoms with van der Waals surface area (Å²) in [6.45, 7) is 7.83. The van der Waals surface area contributed by atoms with Crippen molar-refractivity contribution in [3.63, 3.8) is 0 Å². The topological polar surface area (TPSA) is 165 Å². The van der Waals surface area contributed by atoms with E-state index in [1.165, 1.54) is 48.0 Å². The summed E-state index contributed by atoms with van der Waals surface area (Å²) < 4.78 is 60.9. The normalized spacial score (nSPS) is 12.7. The first-order chi connectivity index (χ1) is 20.5. The zero-order chi connectivity index (χ0) is 32.7. The summed E-state index contributed by atoms with van der Waals surface area (Å²) in [5, 5.41) is 0.602. The minimum absolute atomic E-state index is 0.000879. The van der Waals surface area contributed by atoms with Crippen molar-refractivity contribution in [2.75, 3.05) is 22.2 Å². The van der Waals surface area contributed by atoms with Crippen LogP contribution in [0.1, 0.15) is 58.3 Å². The number of hydrogen-bond donors (Lipinski definition) is 1. The first-order valence-electron chi connectivity index (χ1n) is 13.7. The van der Waals surface area contributed by atoms with Crippen LogP contribution in [-0.2, 0) is 40.8 Å². The number of carbonyl (C=O) groups is 2. The maximum absolute atomic E-state index is 13.3. The number of hydrogen-bond acceptors (Lipinski definition) is 10. The van der Waals surface area contributed by atoms with E-state index in [2.05, 4.69) is 14.7 Å². The third-order valence-corrected chi connectivity index (χ3v) is 9.39. The van der Waals surface area contributed by atoms with E-state index in [1.54, 1.807) is 58.0 Å². The van der Waals surface area contributed by atoms with Gasteiger partial charge in [0, 0.05) is 26.4 Å². The molecule has 0 fully saturated rings. The van der Waals surface area contributed by atoms with Gasteiger partial charge in [-0.25, -0.2) is 36.1 Å². The highest BCUT2D eigenvalue weighted by Crippen LogP contribution is 2.26. The van der Waals surface area contributed by atoms with Crippen LogP contribution in [0.4, 0.5) is 16.3 Å². The zero-order valence-electron chi connectivity index (χ0n) is 25.4. The van der Waals surface area contributed by atoms with Crippen molar-refractivity contribution < 1.29 is 36.0 Å². The van der Waals surface area contributed by atoms with Gasteiger partial charge in [0.2, 0.25) is 20.0 Å². The fraction of sp³-hybridized carbons (Fsp3) is 0.379. The van der Waals surface area contributed by atoms with Gasteiger partial charge in [0.05, 0.1) is 23.2 Å². The molecule has 44 heavy (non-hydrogen) atoms. The van der Waals surface area contributed by atoms with Crippen LogP contribution in [0.5, 0.6) is 0 Å². The molecule has 0 saturated heterocycles. The Hall–Kier alpha value is -4.08. The Kier molecular flexibility index (Phi) is 11.1. The second-order valence-electron chi connectivity index (χ2n) is 10.8. The predicted molar refractivity (Wildman–Crippen MR) is 165 cm³/mol. The van der Waals surface area contributed by atoms with E-state index in [4.69, 9.17) is 9.57 Å². The fourth-order valence-electron chi connectivity index (χ4n) is 3.96. The van der Waals surface area contributed by atoms with E-state index < -0.39 is 43.8 Å². The maximum atomic E-state index is 13.3. The SMILES string of the molecule is CCCS(=O)(=O)N(C)c1ccc(CC(NS(=O)(=O)c2cccnc2)c2cccc(N(OC(C)=O)C(=O)OC(C)(C)C)n2)cc1. The predicted octanol–water partition coefficient (Wildman–Crippen LogP) is 4.13. The van der Waals surface area contributed by atoms with Gasteiger partial charge in [-0.2, -0.15) is 0 Å². The van der Waals surface area contributed by atoms with Crippen molar-refractivity contribution in [2.45, 2.75) is 64.0 Å². The van der Waals surface area contributed by atoms with E-state index in [-0.39, 0.29) is 28.6 Å². The van der Waals surface area contributed by atoms with Gasteiger partial charge in [-0.1, -0.05) is 30.2 Å². The van der Waals surface area contributed by atoms with Crippen molar-refractivity contribution in [2.24, 2.45) is 0 Å². The van der Waals surface area contributed by atoms with Crippen LogP contribution in [0.3, 0.4) is 0 Å². The number of amides is 1. The van der Waals surface area contributed by atoms with Gasteiger partial charge < -0.3 is 9.57 Å². The van der Waals surface area contributed by atoms with Gasteiger partial charge in [0.15, 0.2) is 5.82 Å². The summed E-state index contributed by atoms with van der Waals surface area (Å²) in [7, 11) is -6.12. The molecule has 0 bridgehead atoms. The Labute approximate surface area is 258 Å². The van der Waals surface area contributed by atoms with Crippen molar-refractivity contribution in [3.8, 4) is 0 Å². The molecule has 2 aromatic heterocycles. The second-order valence-corrected chi connectivity index (χ2v) is 14.6. The van der Waals surface area contributed by atoms with E-state index in [0.717, 1.165) is 6.92 Å². The molecule has 0 spiro atoms. The lowest BCUT2D eigenvalue weighted by Crippen LogP contribution is -2.39. The van der Waals surface area contributed by atoms with Gasteiger partial charge in [-0.3, -0.25) is 9.29 Å². The van der Waals surface area contributed by atoms with E-state index in [0.29, 0.717) is 22.7 Å². The number of nitrogens with zero attached hydrogens (tertiary/aromatic N) is 4. The third-order valence-electron chi connectivity index (χ3n) is 5.96. The van der Waals surface area contributed by atoms with E-state index in [9.17, 15) is 26.4 Å². The van der Waals surface area contributed by atoms with Crippen LogP contribution in [0.2, 0.25) is 0 Å². The molecule has 1 N–H and O–H groups in total. The molecule has 0 aliphatic rings. The summed E-state index contributed by atoms with van der Waals surface area (Å²) in [6, 6.07) is 13.0. The Morgan fingerprint density at radius 2 is 1.68 bits per heavy atom. The lowest BCUT2D eigenvalue weighted by molar-refractivity contribution is -0.142. The van der Waals surface area contributed by atoms with E-state index in [1.807, 2.05) is 0 Å². The largest absolute Gasteiger partial charge is 0.450 e. The molecule has 1 amide bonds. The summed E-state index contributed by atoms with van der Waals surface area (Å²) in [5.41, 5.74) is 0.391. The molecule has 0 aliphatic carbocycles. The Balaban J connectivity index is 2.02. The van der Waals surface area contributed by atoms with Gasteiger partial charge in [-0.05, 0) is 75.6 Å². The number of nitrogens with one attached hydrogen (secondary N) is 1. The zero-order valence-corrected chi connectivity index (χ0v) is 27.1. The molecule has 1 atom stereocenters. The lowest BCUT2D eigenvalue weighted by atomic mass is 10.0. The molecular formula is C29H37N5O8S2. The van der Waals surface area contributed by atoms with Crippen molar-refractivity contribution >= 4 is 43.6 Å². The van der Waals surface area contributed by atoms with Crippen molar-refractivity contribution in [1.29, 1.82) is 0 Å². The smallest absolute Gasteiger partial charge is 0.441 e. The first-order valence-corrected chi connectivity index (χ1v) is 16.8. The number of ether oxygens (including phenoxy) is 1. The number of aromatic nitrogens is 2. The molecular weight excluding hydrogens is 610 g/mol. The average Bonchev–Trinajstić information content (AvgIpc) is 2.95. The highest BCUT2D eigenvalue weighted by molar-refractivity contribution is 7.92. The number of sulfonamides is 2. The Morgan fingerprint density at radius 1 is 1.00 bits per heavy atom. The summed E-state index contributed by atoms with van der Waals surface area (Å²) in [6.07, 6.45) is 2.21. The van der Waals surface area contributed by atoms with E-state index >= 15 is 0 Å². The monoisotopic (exact) mass is 647 g/mol. The molecule has 15 heteroatoms. The second kappa shape index (κ2) is 14.1. The minimum Gasteiger partial charge on any atom is -0.441 e. The average molecular weight is 648 g/mol. The minimum atomic E-state index is -4.10. The maximum Gasteiger partial charge on any atom is 0.450 e. The van der Waals surface area contributed by atoms with Crippen LogP contribution < -0.4 is 14.1 Å². The van der Waals surface area contributed by atoms with Crippen LogP contribution in [0, 0.1) is 0 Å². The number of anilines is 2. The fourth-order valence-corrected chi connectivity index (χ4v) is 6.36. The van der Waals surface area contributed by atoms with Crippen LogP contribution in [0.25, 0.3) is 0 Å².